The minimum atomic E-state index is 0.0877. The number of aromatic nitrogens is 2. The van der Waals surface area contributed by atoms with E-state index >= 15 is 0 Å². The van der Waals surface area contributed by atoms with Crippen molar-refractivity contribution in [3.63, 3.8) is 0 Å². The predicted octanol–water partition coefficient (Wildman–Crippen LogP) is 5.40. The SMILES string of the molecule is Cc1cccc(N2CCN(C(=O)Cn3nc(-c4ccccc4)c4cc(Cl)ccc43)C[C@@H]2C)c1. The van der Waals surface area contributed by atoms with E-state index in [2.05, 4.69) is 43.0 Å². The number of fused-ring (bicyclic) bond motifs is 1. The molecular weight excluding hydrogens is 432 g/mol. The van der Waals surface area contributed by atoms with Gasteiger partial charge in [0.1, 0.15) is 12.2 Å². The fourth-order valence-electron chi connectivity index (χ4n) is 4.68. The lowest BCUT2D eigenvalue weighted by atomic mass is 10.1. The zero-order valence-corrected chi connectivity index (χ0v) is 19.7. The summed E-state index contributed by atoms with van der Waals surface area (Å²) in [6.45, 7) is 6.72. The van der Waals surface area contributed by atoms with Crippen molar-refractivity contribution in [2.45, 2.75) is 26.4 Å². The number of hydrogen-bond acceptors (Lipinski definition) is 3. The summed E-state index contributed by atoms with van der Waals surface area (Å²) in [5.41, 5.74) is 5.24. The van der Waals surface area contributed by atoms with E-state index in [-0.39, 0.29) is 18.5 Å². The number of halogens is 1. The molecule has 168 valence electrons. The van der Waals surface area contributed by atoms with Crippen LogP contribution in [0.25, 0.3) is 22.2 Å². The van der Waals surface area contributed by atoms with Gasteiger partial charge >= 0.3 is 0 Å². The minimum Gasteiger partial charge on any atom is -0.365 e. The first-order chi connectivity index (χ1) is 16.0. The van der Waals surface area contributed by atoms with Gasteiger partial charge in [0, 0.05) is 47.3 Å². The Bertz CT molecular complexity index is 1300. The Morgan fingerprint density at radius 1 is 1.03 bits per heavy atom. The summed E-state index contributed by atoms with van der Waals surface area (Å²) in [5.74, 6) is 0.0877. The fraction of sp³-hybridized carbons (Fsp3) is 0.259. The van der Waals surface area contributed by atoms with Crippen LogP contribution in [0, 0.1) is 6.92 Å². The van der Waals surface area contributed by atoms with Crippen LogP contribution in [0.15, 0.2) is 72.8 Å². The third-order valence-corrected chi connectivity index (χ3v) is 6.59. The molecule has 0 unspecified atom stereocenters. The van der Waals surface area contributed by atoms with Crippen LogP contribution >= 0.6 is 11.6 Å². The highest BCUT2D eigenvalue weighted by Crippen LogP contribution is 2.30. The molecule has 1 amide bonds. The van der Waals surface area contributed by atoms with E-state index in [1.54, 1.807) is 0 Å². The molecule has 1 saturated heterocycles. The molecule has 5 rings (SSSR count). The summed E-state index contributed by atoms with van der Waals surface area (Å²) in [6.07, 6.45) is 0. The van der Waals surface area contributed by atoms with Gasteiger partial charge in [0.05, 0.1) is 5.52 Å². The van der Waals surface area contributed by atoms with Gasteiger partial charge < -0.3 is 9.80 Å². The third kappa shape index (κ3) is 4.33. The molecule has 3 aromatic carbocycles. The lowest BCUT2D eigenvalue weighted by Gasteiger charge is -2.41. The fourth-order valence-corrected chi connectivity index (χ4v) is 4.86. The standard InChI is InChI=1S/C27H27ClN4O/c1-19-7-6-10-23(15-19)31-14-13-30(17-20(31)2)26(33)18-32-25-12-11-22(28)16-24(25)27(29-32)21-8-4-3-5-9-21/h3-12,15-16,20H,13-14,17-18H2,1-2H3/t20-/m0/s1. The van der Waals surface area contributed by atoms with Gasteiger partial charge in [-0.05, 0) is 49.7 Å². The van der Waals surface area contributed by atoms with Crippen molar-refractivity contribution in [1.29, 1.82) is 0 Å². The largest absolute Gasteiger partial charge is 0.365 e. The maximum absolute atomic E-state index is 13.3. The van der Waals surface area contributed by atoms with E-state index in [0.717, 1.165) is 28.7 Å². The van der Waals surface area contributed by atoms with Crippen LogP contribution in [0.3, 0.4) is 0 Å². The average Bonchev–Trinajstić information content (AvgIpc) is 3.16. The van der Waals surface area contributed by atoms with E-state index < -0.39 is 0 Å². The van der Waals surface area contributed by atoms with Gasteiger partial charge in [0.25, 0.3) is 0 Å². The molecule has 1 atom stereocenters. The Hall–Kier alpha value is -3.31. The molecule has 0 saturated carbocycles. The Morgan fingerprint density at radius 3 is 2.61 bits per heavy atom. The molecule has 1 aliphatic rings. The van der Waals surface area contributed by atoms with Gasteiger partial charge in [-0.2, -0.15) is 5.10 Å². The smallest absolute Gasteiger partial charge is 0.244 e. The van der Waals surface area contributed by atoms with Crippen molar-refractivity contribution >= 4 is 34.1 Å². The first-order valence-corrected chi connectivity index (χ1v) is 11.7. The molecule has 0 spiro atoms. The first kappa shape index (κ1) is 21.5. The summed E-state index contributed by atoms with van der Waals surface area (Å²) in [4.78, 5) is 17.6. The molecule has 33 heavy (non-hydrogen) atoms. The number of benzene rings is 3. The topological polar surface area (TPSA) is 41.4 Å². The average molecular weight is 459 g/mol. The second-order valence-corrected chi connectivity index (χ2v) is 9.19. The monoisotopic (exact) mass is 458 g/mol. The number of nitrogens with zero attached hydrogens (tertiary/aromatic N) is 4. The van der Waals surface area contributed by atoms with Crippen molar-refractivity contribution in [2.75, 3.05) is 24.5 Å². The lowest BCUT2D eigenvalue weighted by Crippen LogP contribution is -2.54. The first-order valence-electron chi connectivity index (χ1n) is 11.3. The van der Waals surface area contributed by atoms with Crippen molar-refractivity contribution < 1.29 is 4.79 Å². The van der Waals surface area contributed by atoms with Gasteiger partial charge in [0.15, 0.2) is 0 Å². The molecule has 0 radical (unpaired) electrons. The molecule has 0 bridgehead atoms. The van der Waals surface area contributed by atoms with Crippen LogP contribution < -0.4 is 4.90 Å². The lowest BCUT2D eigenvalue weighted by molar-refractivity contribution is -0.132. The normalized spacial score (nSPS) is 16.4. The van der Waals surface area contributed by atoms with Gasteiger partial charge in [-0.15, -0.1) is 0 Å². The second kappa shape index (κ2) is 8.91. The van der Waals surface area contributed by atoms with Crippen LogP contribution in [-0.4, -0.2) is 46.3 Å². The maximum atomic E-state index is 13.3. The Balaban J connectivity index is 1.37. The van der Waals surface area contributed by atoms with E-state index in [4.69, 9.17) is 16.7 Å². The van der Waals surface area contributed by atoms with Crippen molar-refractivity contribution in [1.82, 2.24) is 14.7 Å². The van der Waals surface area contributed by atoms with Gasteiger partial charge in [-0.25, -0.2) is 0 Å². The summed E-state index contributed by atoms with van der Waals surface area (Å²) in [6, 6.07) is 24.6. The molecule has 1 fully saturated rings. The Morgan fingerprint density at radius 2 is 1.85 bits per heavy atom. The number of carbonyl (C=O) groups is 1. The Labute approximate surface area is 199 Å². The van der Waals surface area contributed by atoms with Crippen LogP contribution in [0.2, 0.25) is 5.02 Å². The zero-order valence-electron chi connectivity index (χ0n) is 18.9. The summed E-state index contributed by atoms with van der Waals surface area (Å²) in [5, 5.41) is 6.44. The van der Waals surface area contributed by atoms with Gasteiger partial charge in [0.2, 0.25) is 5.91 Å². The molecule has 4 aromatic rings. The second-order valence-electron chi connectivity index (χ2n) is 8.75. The van der Waals surface area contributed by atoms with Crippen LogP contribution in [0.5, 0.6) is 0 Å². The van der Waals surface area contributed by atoms with Crippen LogP contribution in [-0.2, 0) is 11.3 Å². The van der Waals surface area contributed by atoms with Gasteiger partial charge in [-0.3, -0.25) is 9.48 Å². The third-order valence-electron chi connectivity index (χ3n) is 6.36. The molecule has 0 aliphatic carbocycles. The zero-order chi connectivity index (χ0) is 22.9. The number of aryl methyl sites for hydroxylation is 1. The summed E-state index contributed by atoms with van der Waals surface area (Å²) >= 11 is 6.29. The number of amides is 1. The highest BCUT2D eigenvalue weighted by Gasteiger charge is 2.27. The minimum absolute atomic E-state index is 0.0877. The van der Waals surface area contributed by atoms with E-state index in [1.807, 2.05) is 58.1 Å². The van der Waals surface area contributed by atoms with Crippen molar-refractivity contribution in [2.24, 2.45) is 0 Å². The highest BCUT2D eigenvalue weighted by atomic mass is 35.5. The quantitative estimate of drug-likeness (QED) is 0.411. The van der Waals surface area contributed by atoms with Crippen molar-refractivity contribution in [3.8, 4) is 11.3 Å². The molecule has 0 N–H and O–H groups in total. The molecule has 1 aliphatic heterocycles. The number of hydrogen-bond donors (Lipinski definition) is 0. The molecular formula is C27H27ClN4O. The van der Waals surface area contributed by atoms with Crippen LogP contribution in [0.1, 0.15) is 12.5 Å². The van der Waals surface area contributed by atoms with Gasteiger partial charge in [-0.1, -0.05) is 54.1 Å². The Kier molecular flexibility index (Phi) is 5.81. The van der Waals surface area contributed by atoms with Crippen molar-refractivity contribution in [3.05, 3.63) is 83.4 Å². The summed E-state index contributed by atoms with van der Waals surface area (Å²) < 4.78 is 1.81. The molecule has 2 heterocycles. The molecule has 6 heteroatoms. The van der Waals surface area contributed by atoms with E-state index in [9.17, 15) is 4.79 Å². The number of piperazine rings is 1. The maximum Gasteiger partial charge on any atom is 0.244 e. The molecule has 5 nitrogen and oxygen atoms in total. The number of rotatable bonds is 4. The van der Waals surface area contributed by atoms with E-state index in [1.165, 1.54) is 11.3 Å². The summed E-state index contributed by atoms with van der Waals surface area (Å²) in [7, 11) is 0. The number of anilines is 1. The molecule has 1 aromatic heterocycles. The van der Waals surface area contributed by atoms with Crippen LogP contribution in [0.4, 0.5) is 5.69 Å². The highest BCUT2D eigenvalue weighted by molar-refractivity contribution is 6.31. The number of carbonyl (C=O) groups excluding carboxylic acids is 1. The van der Waals surface area contributed by atoms with E-state index in [0.29, 0.717) is 18.1 Å². The predicted molar refractivity (Wildman–Crippen MR) is 135 cm³/mol.